The van der Waals surface area contributed by atoms with Gasteiger partial charge in [0.2, 0.25) is 0 Å². The van der Waals surface area contributed by atoms with Crippen molar-refractivity contribution < 1.29 is 5.11 Å². The molecule has 4 saturated carbocycles. The first-order valence-corrected chi connectivity index (χ1v) is 11.7. The fraction of sp³-hybridized carbons (Fsp3) is 0.769. The van der Waals surface area contributed by atoms with Crippen molar-refractivity contribution in [1.82, 2.24) is 0 Å². The second kappa shape index (κ2) is 6.34. The molecule has 1 N–H and O–H groups in total. The van der Waals surface area contributed by atoms with Crippen LogP contribution in [0.1, 0.15) is 88.7 Å². The van der Waals surface area contributed by atoms with E-state index in [0.717, 1.165) is 42.4 Å². The second-order valence-electron chi connectivity index (χ2n) is 11.1. The molecule has 4 fully saturated rings. The molecule has 148 valence electrons. The van der Waals surface area contributed by atoms with Gasteiger partial charge in [-0.25, -0.2) is 0 Å². The third kappa shape index (κ3) is 2.60. The molecule has 8 atom stereocenters. The summed E-state index contributed by atoms with van der Waals surface area (Å²) in [6.07, 6.45) is 11.9. The first-order chi connectivity index (χ1) is 12.9. The summed E-state index contributed by atoms with van der Waals surface area (Å²) < 4.78 is 0. The molecule has 0 spiro atoms. The van der Waals surface area contributed by atoms with Crippen LogP contribution < -0.4 is 0 Å². The highest BCUT2D eigenvalue weighted by atomic mass is 16.3. The fourth-order valence-corrected chi connectivity index (χ4v) is 8.72. The van der Waals surface area contributed by atoms with E-state index in [4.69, 9.17) is 0 Å². The van der Waals surface area contributed by atoms with Crippen LogP contribution in [0.25, 0.3) is 0 Å². The molecule has 0 aliphatic heterocycles. The SMILES string of the molecule is Cc1ccccc1[C@H]1CC[C@H]2[C@@H]3CCC4C[C@@H](O)CC[C@]4(C)[C@H]3CC[C@]12C. The van der Waals surface area contributed by atoms with Crippen molar-refractivity contribution >= 4 is 0 Å². The molecule has 1 heteroatoms. The maximum Gasteiger partial charge on any atom is 0.0543 e. The number of rotatable bonds is 1. The average molecular weight is 367 g/mol. The Bertz CT molecular complexity index is 710. The van der Waals surface area contributed by atoms with Crippen LogP contribution in [0.3, 0.4) is 0 Å². The smallest absolute Gasteiger partial charge is 0.0543 e. The van der Waals surface area contributed by atoms with Crippen molar-refractivity contribution in [3.8, 4) is 0 Å². The van der Waals surface area contributed by atoms with E-state index in [1.807, 2.05) is 0 Å². The van der Waals surface area contributed by atoms with Gasteiger partial charge in [-0.1, -0.05) is 38.1 Å². The largest absolute Gasteiger partial charge is 0.393 e. The van der Waals surface area contributed by atoms with Crippen molar-refractivity contribution in [3.63, 3.8) is 0 Å². The normalized spacial score (nSPS) is 49.2. The van der Waals surface area contributed by atoms with E-state index in [9.17, 15) is 5.11 Å². The van der Waals surface area contributed by atoms with Gasteiger partial charge in [-0.3, -0.25) is 0 Å². The Kier molecular flexibility index (Phi) is 4.28. The molecule has 0 radical (unpaired) electrons. The number of benzene rings is 1. The molecule has 4 aliphatic carbocycles. The predicted molar refractivity (Wildman–Crippen MR) is 112 cm³/mol. The van der Waals surface area contributed by atoms with Crippen LogP contribution in [-0.4, -0.2) is 11.2 Å². The van der Waals surface area contributed by atoms with Crippen molar-refractivity contribution in [2.24, 2.45) is 34.5 Å². The molecular formula is C26H38O. The Balaban J connectivity index is 1.44. The number of aliphatic hydroxyl groups is 1. The Morgan fingerprint density at radius 1 is 0.852 bits per heavy atom. The highest BCUT2D eigenvalue weighted by molar-refractivity contribution is 5.33. The molecule has 0 aromatic heterocycles. The molecule has 1 nitrogen and oxygen atoms in total. The highest BCUT2D eigenvalue weighted by Gasteiger charge is 2.60. The molecule has 4 aliphatic rings. The first-order valence-electron chi connectivity index (χ1n) is 11.7. The van der Waals surface area contributed by atoms with Crippen LogP contribution >= 0.6 is 0 Å². The molecule has 0 amide bonds. The monoisotopic (exact) mass is 366 g/mol. The number of hydrogen-bond donors (Lipinski definition) is 1. The first kappa shape index (κ1) is 18.2. The molecular weight excluding hydrogens is 328 g/mol. The Labute approximate surface area is 166 Å². The minimum absolute atomic E-state index is 0.0228. The van der Waals surface area contributed by atoms with Crippen molar-refractivity contribution in [1.29, 1.82) is 0 Å². The molecule has 1 unspecified atom stereocenters. The Hall–Kier alpha value is -0.820. The van der Waals surface area contributed by atoms with Gasteiger partial charge in [0.05, 0.1) is 6.10 Å². The van der Waals surface area contributed by atoms with E-state index in [1.165, 1.54) is 50.5 Å². The van der Waals surface area contributed by atoms with E-state index in [-0.39, 0.29) is 6.10 Å². The quantitative estimate of drug-likeness (QED) is 0.603. The summed E-state index contributed by atoms with van der Waals surface area (Å²) in [5.74, 6) is 4.32. The molecule has 0 heterocycles. The maximum absolute atomic E-state index is 10.2. The lowest BCUT2D eigenvalue weighted by Crippen LogP contribution is -2.53. The molecule has 1 aromatic rings. The summed E-state index contributed by atoms with van der Waals surface area (Å²) in [6.45, 7) is 7.57. The van der Waals surface area contributed by atoms with Crippen LogP contribution in [0, 0.1) is 41.4 Å². The average Bonchev–Trinajstić information content (AvgIpc) is 3.00. The van der Waals surface area contributed by atoms with Gasteiger partial charge in [0.15, 0.2) is 0 Å². The van der Waals surface area contributed by atoms with Crippen LogP contribution in [-0.2, 0) is 0 Å². The van der Waals surface area contributed by atoms with Gasteiger partial charge in [-0.2, -0.15) is 0 Å². The van der Waals surface area contributed by atoms with Crippen LogP contribution in [0.5, 0.6) is 0 Å². The lowest BCUT2D eigenvalue weighted by molar-refractivity contribution is -0.122. The lowest BCUT2D eigenvalue weighted by Gasteiger charge is -2.61. The Morgan fingerprint density at radius 3 is 2.41 bits per heavy atom. The van der Waals surface area contributed by atoms with Crippen LogP contribution in [0.15, 0.2) is 24.3 Å². The number of aryl methyl sites for hydroxylation is 1. The number of hydrogen-bond acceptors (Lipinski definition) is 1. The van der Waals surface area contributed by atoms with Gasteiger partial charge >= 0.3 is 0 Å². The van der Waals surface area contributed by atoms with Gasteiger partial charge in [0.1, 0.15) is 0 Å². The minimum atomic E-state index is -0.0228. The maximum atomic E-state index is 10.2. The number of aliphatic hydroxyl groups excluding tert-OH is 1. The zero-order chi connectivity index (χ0) is 18.8. The highest BCUT2D eigenvalue weighted by Crippen LogP contribution is 2.69. The molecule has 5 rings (SSSR count). The zero-order valence-corrected chi connectivity index (χ0v) is 17.6. The van der Waals surface area contributed by atoms with Crippen molar-refractivity contribution in [3.05, 3.63) is 35.4 Å². The molecule has 0 bridgehead atoms. The van der Waals surface area contributed by atoms with Gasteiger partial charge in [0.25, 0.3) is 0 Å². The predicted octanol–water partition coefficient (Wildman–Crippen LogP) is 6.48. The van der Waals surface area contributed by atoms with E-state index in [2.05, 4.69) is 45.0 Å². The van der Waals surface area contributed by atoms with E-state index >= 15 is 0 Å². The fourth-order valence-electron chi connectivity index (χ4n) is 8.72. The third-order valence-electron chi connectivity index (χ3n) is 10.2. The standard InChI is InChI=1S/C26H38O/c1-17-6-4-5-7-20(17)22-10-11-23-21-9-8-18-16-19(27)12-14-25(18,2)24(21)13-15-26(22,23)3/h4-7,18-19,21-24,27H,8-16H2,1-3H3/t18?,19-,21-,22+,23-,24-,25-,26+/m0/s1. The third-order valence-corrected chi connectivity index (χ3v) is 10.2. The van der Waals surface area contributed by atoms with Gasteiger partial charge in [-0.15, -0.1) is 0 Å². The van der Waals surface area contributed by atoms with E-state index < -0.39 is 0 Å². The molecule has 27 heavy (non-hydrogen) atoms. The second-order valence-corrected chi connectivity index (χ2v) is 11.1. The zero-order valence-electron chi connectivity index (χ0n) is 17.6. The van der Waals surface area contributed by atoms with Gasteiger partial charge < -0.3 is 5.11 Å². The minimum Gasteiger partial charge on any atom is -0.393 e. The molecule has 0 saturated heterocycles. The summed E-state index contributed by atoms with van der Waals surface area (Å²) in [7, 11) is 0. The van der Waals surface area contributed by atoms with E-state index in [1.54, 1.807) is 5.56 Å². The van der Waals surface area contributed by atoms with Crippen LogP contribution in [0.4, 0.5) is 0 Å². The lowest BCUT2D eigenvalue weighted by atomic mass is 9.44. The Morgan fingerprint density at radius 2 is 1.59 bits per heavy atom. The summed E-state index contributed by atoms with van der Waals surface area (Å²) in [6, 6.07) is 9.19. The summed E-state index contributed by atoms with van der Waals surface area (Å²) >= 11 is 0. The summed E-state index contributed by atoms with van der Waals surface area (Å²) in [5, 5.41) is 10.2. The van der Waals surface area contributed by atoms with Gasteiger partial charge in [-0.05, 0) is 116 Å². The van der Waals surface area contributed by atoms with E-state index in [0.29, 0.717) is 10.8 Å². The van der Waals surface area contributed by atoms with Crippen LogP contribution in [0.2, 0.25) is 0 Å². The topological polar surface area (TPSA) is 20.2 Å². The number of fused-ring (bicyclic) bond motifs is 5. The summed E-state index contributed by atoms with van der Waals surface area (Å²) in [5.41, 5.74) is 4.15. The molecule has 1 aromatic carbocycles. The van der Waals surface area contributed by atoms with Crippen molar-refractivity contribution in [2.45, 2.75) is 90.6 Å². The van der Waals surface area contributed by atoms with Crippen molar-refractivity contribution in [2.75, 3.05) is 0 Å². The summed E-state index contributed by atoms with van der Waals surface area (Å²) in [4.78, 5) is 0. The van der Waals surface area contributed by atoms with Gasteiger partial charge in [0, 0.05) is 0 Å².